The molecule has 0 bridgehead atoms. The van der Waals surface area contributed by atoms with Crippen LogP contribution in [0.3, 0.4) is 0 Å². The number of rotatable bonds is 6. The summed E-state index contributed by atoms with van der Waals surface area (Å²) in [7, 11) is 0. The molecule has 106 valence electrons. The van der Waals surface area contributed by atoms with Crippen LogP contribution in [0, 0.1) is 0 Å². The number of anilines is 1. The summed E-state index contributed by atoms with van der Waals surface area (Å²) >= 11 is 1.67. The maximum atomic E-state index is 5.68. The van der Waals surface area contributed by atoms with Crippen molar-refractivity contribution >= 4 is 17.6 Å². The highest BCUT2D eigenvalue weighted by Crippen LogP contribution is 2.27. The third-order valence-electron chi connectivity index (χ3n) is 3.75. The van der Waals surface area contributed by atoms with Gasteiger partial charge < -0.3 is 10.6 Å². The molecule has 0 spiro atoms. The highest BCUT2D eigenvalue weighted by Gasteiger charge is 2.22. The third-order valence-corrected chi connectivity index (χ3v) is 4.39. The van der Waals surface area contributed by atoms with Crippen LogP contribution in [0.5, 0.6) is 0 Å². The van der Waals surface area contributed by atoms with Crippen molar-refractivity contribution in [1.82, 2.24) is 9.97 Å². The lowest BCUT2D eigenvalue weighted by atomic mass is 9.94. The summed E-state index contributed by atoms with van der Waals surface area (Å²) < 4.78 is 0. The van der Waals surface area contributed by atoms with Crippen LogP contribution in [0.4, 0.5) is 5.82 Å². The van der Waals surface area contributed by atoms with Crippen LogP contribution < -0.4 is 10.6 Å². The minimum absolute atomic E-state index is 0.630. The van der Waals surface area contributed by atoms with Crippen molar-refractivity contribution in [3.8, 4) is 0 Å². The molecule has 0 aliphatic heterocycles. The van der Waals surface area contributed by atoms with Gasteiger partial charge in [0.25, 0.3) is 0 Å². The van der Waals surface area contributed by atoms with E-state index in [-0.39, 0.29) is 0 Å². The fourth-order valence-electron chi connectivity index (χ4n) is 2.74. The molecule has 0 unspecified atom stereocenters. The summed E-state index contributed by atoms with van der Waals surface area (Å²) in [6.45, 7) is 1.75. The van der Waals surface area contributed by atoms with Gasteiger partial charge in [0, 0.05) is 18.7 Å². The lowest BCUT2D eigenvalue weighted by Gasteiger charge is -2.35. The van der Waals surface area contributed by atoms with E-state index in [9.17, 15) is 0 Å². The van der Waals surface area contributed by atoms with Gasteiger partial charge in [0.1, 0.15) is 17.2 Å². The topological polar surface area (TPSA) is 55.0 Å². The van der Waals surface area contributed by atoms with E-state index in [0.29, 0.717) is 6.04 Å². The summed E-state index contributed by atoms with van der Waals surface area (Å²) in [5, 5.41) is 1.04. The van der Waals surface area contributed by atoms with Gasteiger partial charge in [-0.15, -0.1) is 11.8 Å². The molecule has 2 N–H and O–H groups in total. The Morgan fingerprint density at radius 2 is 2.11 bits per heavy atom. The Hall–Kier alpha value is -0.810. The lowest BCUT2D eigenvalue weighted by molar-refractivity contribution is 0.411. The standard InChI is InChI=1S/C14H24N4S/c1-19-14-10-13(16-11-17-14)18(9-5-8-15)12-6-3-2-4-7-12/h10-12H,2-9,15H2,1H3. The van der Waals surface area contributed by atoms with Gasteiger partial charge in [-0.2, -0.15) is 0 Å². The van der Waals surface area contributed by atoms with E-state index in [1.807, 2.05) is 0 Å². The first-order valence-corrected chi connectivity index (χ1v) is 8.40. The molecule has 0 amide bonds. The van der Waals surface area contributed by atoms with Gasteiger partial charge in [-0.3, -0.25) is 0 Å². The normalized spacial score (nSPS) is 16.5. The molecule has 19 heavy (non-hydrogen) atoms. The Morgan fingerprint density at radius 3 is 2.79 bits per heavy atom. The van der Waals surface area contributed by atoms with Crippen LogP contribution in [-0.4, -0.2) is 35.4 Å². The second kappa shape index (κ2) is 7.70. The van der Waals surface area contributed by atoms with Crippen molar-refractivity contribution in [1.29, 1.82) is 0 Å². The molecule has 1 aliphatic carbocycles. The van der Waals surface area contributed by atoms with Gasteiger partial charge in [0.05, 0.1) is 0 Å². The molecule has 0 radical (unpaired) electrons. The first-order valence-electron chi connectivity index (χ1n) is 7.18. The highest BCUT2D eigenvalue weighted by molar-refractivity contribution is 7.98. The Labute approximate surface area is 120 Å². The number of thioether (sulfide) groups is 1. The van der Waals surface area contributed by atoms with Crippen molar-refractivity contribution in [2.45, 2.75) is 49.6 Å². The molecule has 5 heteroatoms. The first-order chi connectivity index (χ1) is 9.35. The van der Waals surface area contributed by atoms with Crippen molar-refractivity contribution in [2.75, 3.05) is 24.2 Å². The monoisotopic (exact) mass is 280 g/mol. The molecule has 2 rings (SSSR count). The predicted octanol–water partition coefficient (Wildman–Crippen LogP) is 2.69. The van der Waals surface area contributed by atoms with E-state index in [1.165, 1.54) is 32.1 Å². The Kier molecular flexibility index (Phi) is 5.92. The molecule has 1 aromatic rings. The van der Waals surface area contributed by atoms with Gasteiger partial charge in [-0.25, -0.2) is 9.97 Å². The Morgan fingerprint density at radius 1 is 1.32 bits per heavy atom. The molecule has 0 saturated heterocycles. The van der Waals surface area contributed by atoms with Gasteiger partial charge in [-0.05, 0) is 32.1 Å². The second-order valence-corrected chi connectivity index (χ2v) is 5.87. The van der Waals surface area contributed by atoms with Crippen molar-refractivity contribution in [2.24, 2.45) is 5.73 Å². The van der Waals surface area contributed by atoms with Crippen molar-refractivity contribution in [3.63, 3.8) is 0 Å². The molecule has 0 atom stereocenters. The zero-order valence-electron chi connectivity index (χ0n) is 11.7. The van der Waals surface area contributed by atoms with Crippen molar-refractivity contribution in [3.05, 3.63) is 12.4 Å². The highest BCUT2D eigenvalue weighted by atomic mass is 32.2. The average Bonchev–Trinajstić information content (AvgIpc) is 2.49. The fourth-order valence-corrected chi connectivity index (χ4v) is 3.11. The number of nitrogens with zero attached hydrogens (tertiary/aromatic N) is 3. The number of nitrogens with two attached hydrogens (primary N) is 1. The van der Waals surface area contributed by atoms with Gasteiger partial charge in [0.2, 0.25) is 0 Å². The maximum absolute atomic E-state index is 5.68. The summed E-state index contributed by atoms with van der Waals surface area (Å²) in [5.41, 5.74) is 5.68. The minimum Gasteiger partial charge on any atom is -0.353 e. The third kappa shape index (κ3) is 4.08. The summed E-state index contributed by atoms with van der Waals surface area (Å²) in [6.07, 6.45) is 11.4. The molecule has 4 nitrogen and oxygen atoms in total. The molecular formula is C14H24N4S. The molecule has 1 heterocycles. The summed E-state index contributed by atoms with van der Waals surface area (Å²) in [6, 6.07) is 2.74. The number of hydrogen-bond acceptors (Lipinski definition) is 5. The summed E-state index contributed by atoms with van der Waals surface area (Å²) in [4.78, 5) is 11.2. The number of aromatic nitrogens is 2. The molecule has 1 fully saturated rings. The largest absolute Gasteiger partial charge is 0.353 e. The van der Waals surface area contributed by atoms with Gasteiger partial charge in [-0.1, -0.05) is 19.3 Å². The van der Waals surface area contributed by atoms with E-state index in [2.05, 4.69) is 27.2 Å². The van der Waals surface area contributed by atoms with E-state index in [1.54, 1.807) is 18.1 Å². The van der Waals surface area contributed by atoms with E-state index in [4.69, 9.17) is 5.73 Å². The maximum Gasteiger partial charge on any atom is 0.133 e. The first kappa shape index (κ1) is 14.6. The van der Waals surface area contributed by atoms with E-state index < -0.39 is 0 Å². The minimum atomic E-state index is 0.630. The van der Waals surface area contributed by atoms with Crippen LogP contribution in [0.15, 0.2) is 17.4 Å². The van der Waals surface area contributed by atoms with Crippen LogP contribution >= 0.6 is 11.8 Å². The summed E-state index contributed by atoms with van der Waals surface area (Å²) in [5.74, 6) is 1.07. The molecule has 1 aromatic heterocycles. The van der Waals surface area contributed by atoms with E-state index >= 15 is 0 Å². The van der Waals surface area contributed by atoms with Gasteiger partial charge >= 0.3 is 0 Å². The zero-order valence-corrected chi connectivity index (χ0v) is 12.5. The smallest absolute Gasteiger partial charge is 0.133 e. The van der Waals surface area contributed by atoms with Gasteiger partial charge in [0.15, 0.2) is 0 Å². The molecule has 1 saturated carbocycles. The van der Waals surface area contributed by atoms with Crippen LogP contribution in [0.1, 0.15) is 38.5 Å². The van der Waals surface area contributed by atoms with Crippen molar-refractivity contribution < 1.29 is 0 Å². The van der Waals surface area contributed by atoms with Crippen LogP contribution in [0.25, 0.3) is 0 Å². The quantitative estimate of drug-likeness (QED) is 0.641. The van der Waals surface area contributed by atoms with Crippen LogP contribution in [0.2, 0.25) is 0 Å². The fraction of sp³-hybridized carbons (Fsp3) is 0.714. The zero-order chi connectivity index (χ0) is 13.5. The lowest BCUT2D eigenvalue weighted by Crippen LogP contribution is -2.38. The number of hydrogen-bond donors (Lipinski definition) is 1. The SMILES string of the molecule is CSc1cc(N(CCCN)C2CCCCC2)ncn1. The molecular weight excluding hydrogens is 256 g/mol. The Bertz CT molecular complexity index is 379. The van der Waals surface area contributed by atoms with Crippen LogP contribution in [-0.2, 0) is 0 Å². The molecule has 0 aromatic carbocycles. The average molecular weight is 280 g/mol. The second-order valence-electron chi connectivity index (χ2n) is 5.05. The Balaban J connectivity index is 2.14. The predicted molar refractivity (Wildman–Crippen MR) is 81.7 cm³/mol. The van der Waals surface area contributed by atoms with E-state index in [0.717, 1.165) is 30.4 Å². The molecule has 1 aliphatic rings.